The van der Waals surface area contributed by atoms with E-state index in [2.05, 4.69) is 0 Å². The van der Waals surface area contributed by atoms with Gasteiger partial charge in [0.05, 0.1) is 12.0 Å². The van der Waals surface area contributed by atoms with Gasteiger partial charge in [0.25, 0.3) is 0 Å². The third-order valence-electron chi connectivity index (χ3n) is 6.24. The van der Waals surface area contributed by atoms with E-state index < -0.39 is 17.5 Å². The lowest BCUT2D eigenvalue weighted by molar-refractivity contribution is 0.242. The second-order valence-corrected chi connectivity index (χ2v) is 8.27. The summed E-state index contributed by atoms with van der Waals surface area (Å²) in [5, 5.41) is 1.21. The molecule has 0 saturated heterocycles. The Balaban J connectivity index is 1.64. The van der Waals surface area contributed by atoms with Gasteiger partial charge in [-0.15, -0.1) is 0 Å². The van der Waals surface area contributed by atoms with Gasteiger partial charge in [-0.1, -0.05) is 38.3 Å². The number of hydrogen-bond acceptors (Lipinski definition) is 2. The van der Waals surface area contributed by atoms with Crippen LogP contribution in [0.4, 0.5) is 13.2 Å². The Morgan fingerprint density at radius 1 is 0.933 bits per heavy atom. The van der Waals surface area contributed by atoms with Crippen molar-refractivity contribution < 1.29 is 22.3 Å². The van der Waals surface area contributed by atoms with Gasteiger partial charge in [0.1, 0.15) is 5.82 Å². The summed E-state index contributed by atoms with van der Waals surface area (Å²) < 4.78 is 56.6. The van der Waals surface area contributed by atoms with E-state index in [0.717, 1.165) is 19.3 Å². The van der Waals surface area contributed by atoms with Crippen molar-refractivity contribution in [3.63, 3.8) is 0 Å². The van der Waals surface area contributed by atoms with E-state index in [1.807, 2.05) is 6.92 Å². The number of ether oxygens (including phenoxy) is 1. The van der Waals surface area contributed by atoms with Crippen LogP contribution in [0.5, 0.6) is 5.75 Å². The quantitative estimate of drug-likeness (QED) is 0.335. The molecule has 1 aliphatic rings. The molecule has 0 unspecified atom stereocenters. The number of rotatable bonds is 5. The molecule has 1 aromatic heterocycles. The van der Waals surface area contributed by atoms with Crippen LogP contribution in [0.15, 0.2) is 34.7 Å². The second-order valence-electron chi connectivity index (χ2n) is 8.27. The normalized spacial score (nSPS) is 15.1. The summed E-state index contributed by atoms with van der Waals surface area (Å²) in [6.07, 6.45) is 5.84. The van der Waals surface area contributed by atoms with Crippen LogP contribution < -0.4 is 4.74 Å². The van der Waals surface area contributed by atoms with Crippen molar-refractivity contribution in [3.8, 4) is 5.75 Å². The molecule has 30 heavy (non-hydrogen) atoms. The van der Waals surface area contributed by atoms with Gasteiger partial charge in [0.2, 0.25) is 5.82 Å². The van der Waals surface area contributed by atoms with Crippen LogP contribution in [0, 0.1) is 23.4 Å². The van der Waals surface area contributed by atoms with Crippen molar-refractivity contribution in [3.05, 3.63) is 53.3 Å². The minimum absolute atomic E-state index is 0.0580. The fourth-order valence-corrected chi connectivity index (χ4v) is 4.64. The first-order chi connectivity index (χ1) is 14.6. The molecule has 4 aromatic rings. The van der Waals surface area contributed by atoms with Gasteiger partial charge >= 0.3 is 0 Å². The Morgan fingerprint density at radius 2 is 1.70 bits per heavy atom. The van der Waals surface area contributed by atoms with Gasteiger partial charge in [-0.2, -0.15) is 4.39 Å². The molecule has 0 bridgehead atoms. The second kappa shape index (κ2) is 7.53. The van der Waals surface area contributed by atoms with Crippen LogP contribution in [0.3, 0.4) is 0 Å². The highest BCUT2D eigenvalue weighted by Crippen LogP contribution is 2.39. The molecule has 1 heterocycles. The largest absolute Gasteiger partial charge is 0.490 e. The molecule has 5 heteroatoms. The molecule has 156 valence electrons. The van der Waals surface area contributed by atoms with Crippen molar-refractivity contribution in [2.24, 2.45) is 5.92 Å². The highest BCUT2D eigenvalue weighted by atomic mass is 19.1. The first-order valence-corrected chi connectivity index (χ1v) is 10.7. The van der Waals surface area contributed by atoms with Gasteiger partial charge in [-0.3, -0.25) is 0 Å². The zero-order valence-corrected chi connectivity index (χ0v) is 16.9. The van der Waals surface area contributed by atoms with E-state index in [4.69, 9.17) is 9.15 Å². The third-order valence-corrected chi connectivity index (χ3v) is 6.24. The lowest BCUT2D eigenvalue weighted by atomic mass is 10.0. The molecule has 0 radical (unpaired) electrons. The van der Waals surface area contributed by atoms with E-state index in [0.29, 0.717) is 40.7 Å². The molecule has 0 atom stereocenters. The number of benzene rings is 3. The van der Waals surface area contributed by atoms with Crippen molar-refractivity contribution in [1.29, 1.82) is 0 Å². The van der Waals surface area contributed by atoms with Crippen LogP contribution in [0.2, 0.25) is 0 Å². The minimum Gasteiger partial charge on any atom is -0.490 e. The number of furan rings is 1. The Hall–Kier alpha value is -2.69. The fraction of sp³-hybridized carbons (Fsp3) is 0.360. The summed E-state index contributed by atoms with van der Waals surface area (Å²) in [5.74, 6) is -1.46. The molecule has 0 N–H and O–H groups in total. The molecular weight excluding hydrogens is 389 g/mol. The zero-order chi connectivity index (χ0) is 20.8. The Morgan fingerprint density at radius 3 is 2.47 bits per heavy atom. The van der Waals surface area contributed by atoms with Gasteiger partial charge in [0.15, 0.2) is 22.7 Å². The van der Waals surface area contributed by atoms with Gasteiger partial charge < -0.3 is 9.15 Å². The van der Waals surface area contributed by atoms with Crippen LogP contribution in [0.25, 0.3) is 32.7 Å². The predicted octanol–water partition coefficient (Wildman–Crippen LogP) is 7.68. The van der Waals surface area contributed by atoms with Crippen molar-refractivity contribution in [1.82, 2.24) is 0 Å². The maximum atomic E-state index is 15.3. The average molecular weight is 412 g/mol. The number of fused-ring (bicyclic) bond motifs is 4. The topological polar surface area (TPSA) is 22.4 Å². The van der Waals surface area contributed by atoms with E-state index in [1.165, 1.54) is 12.8 Å². The molecular formula is C25H23F3O2. The molecule has 1 aliphatic carbocycles. The predicted molar refractivity (Wildman–Crippen MR) is 113 cm³/mol. The van der Waals surface area contributed by atoms with E-state index in [9.17, 15) is 4.39 Å². The fourth-order valence-electron chi connectivity index (χ4n) is 4.64. The van der Waals surface area contributed by atoms with Crippen LogP contribution in [-0.2, 0) is 6.42 Å². The maximum absolute atomic E-state index is 15.3. The van der Waals surface area contributed by atoms with Crippen LogP contribution in [-0.4, -0.2) is 6.61 Å². The Labute approximate surface area is 172 Å². The van der Waals surface area contributed by atoms with Crippen LogP contribution >= 0.6 is 0 Å². The summed E-state index contributed by atoms with van der Waals surface area (Å²) in [4.78, 5) is 0. The number of halogens is 3. The summed E-state index contributed by atoms with van der Waals surface area (Å²) in [6.45, 7) is 2.41. The molecule has 0 aliphatic heterocycles. The van der Waals surface area contributed by atoms with Gasteiger partial charge in [0, 0.05) is 10.8 Å². The summed E-state index contributed by atoms with van der Waals surface area (Å²) in [6, 6.07) is 8.30. The standard InChI is InChI=1S/C25H23F3O2/c1-2-5-15-8-9-16-12-18-17-10-11-19(29-13-14-6-3-4-7-14)22(27)24(17)30-25(18)23(28)20(16)21(15)26/h8-12,14H,2-7,13H2,1H3. The smallest absolute Gasteiger partial charge is 0.208 e. The number of hydrogen-bond donors (Lipinski definition) is 0. The molecule has 0 amide bonds. The molecule has 1 saturated carbocycles. The first kappa shape index (κ1) is 19.3. The first-order valence-electron chi connectivity index (χ1n) is 10.7. The lowest BCUT2D eigenvalue weighted by Gasteiger charge is -2.11. The van der Waals surface area contributed by atoms with E-state index >= 15 is 8.78 Å². The molecule has 1 fully saturated rings. The third kappa shape index (κ3) is 3.03. The molecule has 5 rings (SSSR count). The van der Waals surface area contributed by atoms with Crippen molar-refractivity contribution in [2.45, 2.75) is 45.4 Å². The summed E-state index contributed by atoms with van der Waals surface area (Å²) in [5.41, 5.74) is 0.280. The SMILES string of the molecule is CCCc1ccc2cc3c(oc4c(F)c(OCC5CCCC5)ccc43)c(F)c2c1F. The lowest BCUT2D eigenvalue weighted by Crippen LogP contribution is -2.08. The summed E-state index contributed by atoms with van der Waals surface area (Å²) in [7, 11) is 0. The van der Waals surface area contributed by atoms with Crippen molar-refractivity contribution >= 4 is 32.7 Å². The Bertz CT molecular complexity index is 1250. The van der Waals surface area contributed by atoms with Gasteiger partial charge in [-0.05, 0) is 54.3 Å². The van der Waals surface area contributed by atoms with E-state index in [-0.39, 0.29) is 22.3 Å². The maximum Gasteiger partial charge on any atom is 0.208 e. The highest BCUT2D eigenvalue weighted by molar-refractivity contribution is 6.11. The Kier molecular flexibility index (Phi) is 4.84. The van der Waals surface area contributed by atoms with Gasteiger partial charge in [-0.25, -0.2) is 8.78 Å². The zero-order valence-electron chi connectivity index (χ0n) is 16.9. The minimum atomic E-state index is -0.790. The highest BCUT2D eigenvalue weighted by Gasteiger charge is 2.23. The average Bonchev–Trinajstić information content (AvgIpc) is 3.38. The monoisotopic (exact) mass is 412 g/mol. The molecule has 2 nitrogen and oxygen atoms in total. The van der Waals surface area contributed by atoms with E-state index in [1.54, 1.807) is 30.3 Å². The summed E-state index contributed by atoms with van der Waals surface area (Å²) >= 11 is 0. The molecule has 0 spiro atoms. The molecule has 3 aromatic carbocycles. The number of aryl methyl sites for hydroxylation is 1. The van der Waals surface area contributed by atoms with Crippen molar-refractivity contribution in [2.75, 3.05) is 6.61 Å². The van der Waals surface area contributed by atoms with Crippen LogP contribution in [0.1, 0.15) is 44.6 Å².